The van der Waals surface area contributed by atoms with Crippen molar-refractivity contribution in [3.63, 3.8) is 0 Å². The second-order valence-electron chi connectivity index (χ2n) is 4.67. The molecule has 21 heavy (non-hydrogen) atoms. The van der Waals surface area contributed by atoms with E-state index in [2.05, 4.69) is 5.32 Å². The van der Waals surface area contributed by atoms with Gasteiger partial charge < -0.3 is 19.2 Å². The number of nitrogens with zero attached hydrogens (tertiary/aromatic N) is 1. The fourth-order valence-corrected chi connectivity index (χ4v) is 2.71. The monoisotopic (exact) mass is 309 g/mol. The van der Waals surface area contributed by atoms with Gasteiger partial charge in [-0.1, -0.05) is 0 Å². The Kier molecular flexibility index (Phi) is 4.98. The van der Waals surface area contributed by atoms with E-state index >= 15 is 0 Å². The van der Waals surface area contributed by atoms with Crippen LogP contribution in [0.15, 0.2) is 24.4 Å². The highest BCUT2D eigenvalue weighted by atomic mass is 32.2. The van der Waals surface area contributed by atoms with E-state index in [1.54, 1.807) is 17.7 Å². The number of carbonyl (C=O) groups is 1. The summed E-state index contributed by atoms with van der Waals surface area (Å²) in [5.74, 6) is 0.532. The van der Waals surface area contributed by atoms with Crippen LogP contribution in [0.2, 0.25) is 0 Å². The normalized spacial score (nSPS) is 12.3. The van der Waals surface area contributed by atoms with Crippen molar-refractivity contribution in [1.29, 1.82) is 0 Å². The van der Waals surface area contributed by atoms with Gasteiger partial charge in [-0.3, -0.25) is 9.00 Å². The molecule has 114 valence electrons. The molecule has 0 spiro atoms. The van der Waals surface area contributed by atoms with E-state index in [1.165, 1.54) is 6.92 Å². The van der Waals surface area contributed by atoms with Crippen LogP contribution < -0.4 is 10.1 Å². The van der Waals surface area contributed by atoms with Crippen molar-refractivity contribution < 1.29 is 18.3 Å². The first-order chi connectivity index (χ1) is 10.0. The number of benzene rings is 1. The summed E-state index contributed by atoms with van der Waals surface area (Å²) in [4.78, 5) is 10.9. The standard InChI is InChI=1S/C14H18N2O4S/c1-10(17)15-6-5-11-8-16(9-21(18)19)14-4-3-12(20-2)7-13(11)14/h3-4,7-8H,5-6,9H2,1-2H3,(H,15,17)(H,18,19)/p-1. The Morgan fingerprint density at radius 2 is 2.24 bits per heavy atom. The number of hydrogen-bond donors (Lipinski definition) is 1. The number of aromatic nitrogens is 1. The molecule has 0 bridgehead atoms. The van der Waals surface area contributed by atoms with Gasteiger partial charge in [0.25, 0.3) is 0 Å². The second kappa shape index (κ2) is 6.73. The van der Waals surface area contributed by atoms with Crippen LogP contribution in [0.5, 0.6) is 5.75 Å². The van der Waals surface area contributed by atoms with E-state index in [-0.39, 0.29) is 11.8 Å². The molecule has 0 saturated heterocycles. The molecule has 1 unspecified atom stereocenters. The third kappa shape index (κ3) is 3.83. The fraction of sp³-hybridized carbons (Fsp3) is 0.357. The number of fused-ring (bicyclic) bond motifs is 1. The van der Waals surface area contributed by atoms with E-state index < -0.39 is 11.1 Å². The largest absolute Gasteiger partial charge is 0.771 e. The predicted molar refractivity (Wildman–Crippen MR) is 79.8 cm³/mol. The lowest BCUT2D eigenvalue weighted by molar-refractivity contribution is -0.118. The predicted octanol–water partition coefficient (Wildman–Crippen LogP) is 1.17. The van der Waals surface area contributed by atoms with Gasteiger partial charge in [0.15, 0.2) is 0 Å². The molecule has 1 N–H and O–H groups in total. The van der Waals surface area contributed by atoms with Gasteiger partial charge in [0, 0.05) is 30.6 Å². The topological polar surface area (TPSA) is 83.4 Å². The molecule has 2 rings (SSSR count). The smallest absolute Gasteiger partial charge is 0.216 e. The van der Waals surface area contributed by atoms with Gasteiger partial charge >= 0.3 is 0 Å². The lowest BCUT2D eigenvalue weighted by Gasteiger charge is -2.08. The molecule has 0 fully saturated rings. The van der Waals surface area contributed by atoms with Crippen LogP contribution in [-0.2, 0) is 28.2 Å². The highest BCUT2D eigenvalue weighted by Gasteiger charge is 2.10. The van der Waals surface area contributed by atoms with Crippen molar-refractivity contribution in [2.45, 2.75) is 19.2 Å². The van der Waals surface area contributed by atoms with Crippen molar-refractivity contribution in [2.24, 2.45) is 0 Å². The summed E-state index contributed by atoms with van der Waals surface area (Å²) in [6, 6.07) is 5.51. The van der Waals surface area contributed by atoms with Crippen molar-refractivity contribution in [2.75, 3.05) is 13.7 Å². The van der Waals surface area contributed by atoms with Crippen LogP contribution >= 0.6 is 0 Å². The van der Waals surface area contributed by atoms with Gasteiger partial charge in [0.05, 0.1) is 13.0 Å². The average Bonchev–Trinajstić information content (AvgIpc) is 2.75. The lowest BCUT2D eigenvalue weighted by atomic mass is 10.1. The molecule has 1 amide bonds. The molecule has 0 aliphatic rings. The van der Waals surface area contributed by atoms with Gasteiger partial charge in [-0.05, 0) is 41.3 Å². The number of hydrogen-bond acceptors (Lipinski definition) is 4. The maximum atomic E-state index is 10.9. The minimum atomic E-state index is -2.17. The van der Waals surface area contributed by atoms with E-state index in [1.807, 2.05) is 18.3 Å². The van der Waals surface area contributed by atoms with Crippen molar-refractivity contribution in [3.05, 3.63) is 30.0 Å². The van der Waals surface area contributed by atoms with Gasteiger partial charge in [-0.15, -0.1) is 0 Å². The molecule has 1 aromatic heterocycles. The number of rotatable bonds is 6. The Labute approximate surface area is 125 Å². The molecule has 6 nitrogen and oxygen atoms in total. The third-order valence-corrected chi connectivity index (χ3v) is 3.67. The summed E-state index contributed by atoms with van der Waals surface area (Å²) < 4.78 is 28.8. The Morgan fingerprint density at radius 1 is 1.48 bits per heavy atom. The first-order valence-electron chi connectivity index (χ1n) is 6.47. The van der Waals surface area contributed by atoms with Crippen LogP contribution in [0.4, 0.5) is 0 Å². The Balaban J connectivity index is 2.36. The first kappa shape index (κ1) is 15.5. The number of carbonyl (C=O) groups excluding carboxylic acids is 1. The lowest BCUT2D eigenvalue weighted by Crippen LogP contribution is -2.22. The fourth-order valence-electron chi connectivity index (χ4n) is 2.27. The van der Waals surface area contributed by atoms with Gasteiger partial charge in [0.1, 0.15) is 5.75 Å². The summed E-state index contributed by atoms with van der Waals surface area (Å²) in [5.41, 5.74) is 1.81. The minimum Gasteiger partial charge on any atom is -0.771 e. The zero-order valence-electron chi connectivity index (χ0n) is 11.9. The molecule has 0 radical (unpaired) electrons. The third-order valence-electron chi connectivity index (χ3n) is 3.18. The van der Waals surface area contributed by atoms with Crippen molar-refractivity contribution in [3.8, 4) is 5.75 Å². The first-order valence-corrected chi connectivity index (χ1v) is 7.71. The van der Waals surface area contributed by atoms with E-state index in [0.29, 0.717) is 18.7 Å². The van der Waals surface area contributed by atoms with E-state index in [4.69, 9.17) is 4.74 Å². The number of ether oxygens (including phenoxy) is 1. The molecule has 0 saturated carbocycles. The summed E-state index contributed by atoms with van der Waals surface area (Å²) in [6.07, 6.45) is 2.43. The molecule has 0 aliphatic heterocycles. The zero-order valence-corrected chi connectivity index (χ0v) is 12.7. The molecule has 7 heteroatoms. The van der Waals surface area contributed by atoms with Gasteiger partial charge in [-0.25, -0.2) is 0 Å². The quantitative estimate of drug-likeness (QED) is 0.812. The van der Waals surface area contributed by atoms with Crippen LogP contribution in [-0.4, -0.2) is 32.9 Å². The summed E-state index contributed by atoms with van der Waals surface area (Å²) >= 11 is -2.17. The van der Waals surface area contributed by atoms with Crippen LogP contribution in [0.25, 0.3) is 10.9 Å². The van der Waals surface area contributed by atoms with Crippen LogP contribution in [0.1, 0.15) is 12.5 Å². The maximum Gasteiger partial charge on any atom is 0.216 e. The minimum absolute atomic E-state index is 0.0861. The van der Waals surface area contributed by atoms with Crippen molar-refractivity contribution in [1.82, 2.24) is 9.88 Å². The summed E-state index contributed by atoms with van der Waals surface area (Å²) in [5, 5.41) is 3.67. The molecular weight excluding hydrogens is 292 g/mol. The molecule has 2 aromatic rings. The Bertz CT molecular complexity index is 681. The average molecular weight is 309 g/mol. The molecular formula is C14H17N2O4S-. The highest BCUT2D eigenvalue weighted by molar-refractivity contribution is 7.78. The number of methoxy groups -OCH3 is 1. The van der Waals surface area contributed by atoms with E-state index in [0.717, 1.165) is 16.5 Å². The van der Waals surface area contributed by atoms with Gasteiger partial charge in [-0.2, -0.15) is 0 Å². The number of nitrogens with one attached hydrogen (secondary N) is 1. The maximum absolute atomic E-state index is 10.9. The van der Waals surface area contributed by atoms with E-state index in [9.17, 15) is 13.6 Å². The zero-order chi connectivity index (χ0) is 15.4. The van der Waals surface area contributed by atoms with Gasteiger partial charge in [0.2, 0.25) is 5.91 Å². The summed E-state index contributed by atoms with van der Waals surface area (Å²) in [6.45, 7) is 1.97. The Hall–Kier alpha value is -1.86. The molecule has 0 aliphatic carbocycles. The highest BCUT2D eigenvalue weighted by Crippen LogP contribution is 2.26. The number of amides is 1. The molecule has 1 aromatic carbocycles. The molecule has 1 atom stereocenters. The molecule has 1 heterocycles. The van der Waals surface area contributed by atoms with Crippen LogP contribution in [0, 0.1) is 0 Å². The SMILES string of the molecule is COc1ccc2c(c1)c(CCNC(C)=O)cn2CS(=O)[O-]. The second-order valence-corrected chi connectivity index (χ2v) is 5.54. The van der Waals surface area contributed by atoms with Crippen molar-refractivity contribution >= 4 is 27.9 Å². The Morgan fingerprint density at radius 3 is 2.86 bits per heavy atom. The van der Waals surface area contributed by atoms with Crippen LogP contribution in [0.3, 0.4) is 0 Å². The summed E-state index contributed by atoms with van der Waals surface area (Å²) in [7, 11) is 1.59.